The quantitative estimate of drug-likeness (QED) is 0.427. The number of nitrogens with zero attached hydrogens (tertiary/aromatic N) is 1. The van der Waals surface area contributed by atoms with Crippen LogP contribution in [0.4, 0.5) is 5.69 Å². The summed E-state index contributed by atoms with van der Waals surface area (Å²) >= 11 is 5.93. The monoisotopic (exact) mass is 486 g/mol. The third kappa shape index (κ3) is 6.27. The van der Waals surface area contributed by atoms with E-state index in [1.165, 1.54) is 24.3 Å². The number of halogens is 1. The largest absolute Gasteiger partial charge is 0.494 e. The Morgan fingerprint density at radius 3 is 2.18 bits per heavy atom. The number of rotatable bonds is 10. The van der Waals surface area contributed by atoms with Crippen molar-refractivity contribution in [3.05, 3.63) is 89.4 Å². The summed E-state index contributed by atoms with van der Waals surface area (Å²) in [6.45, 7) is 3.95. The summed E-state index contributed by atoms with van der Waals surface area (Å²) in [6.07, 6.45) is 0.669. The minimum atomic E-state index is -4.03. The second-order valence-corrected chi connectivity index (χ2v) is 9.63. The minimum Gasteiger partial charge on any atom is -0.494 e. The van der Waals surface area contributed by atoms with Gasteiger partial charge in [0, 0.05) is 5.02 Å². The minimum absolute atomic E-state index is 0.0451. The second kappa shape index (κ2) is 11.2. The Kier molecular flexibility index (Phi) is 8.36. The fourth-order valence-corrected chi connectivity index (χ4v) is 4.95. The third-order valence-electron chi connectivity index (χ3n) is 5.07. The number of ether oxygens (including phenoxy) is 1. The van der Waals surface area contributed by atoms with E-state index in [0.29, 0.717) is 29.5 Å². The molecule has 0 aliphatic carbocycles. The predicted molar refractivity (Wildman–Crippen MR) is 131 cm³/mol. The van der Waals surface area contributed by atoms with Crippen molar-refractivity contribution >= 4 is 33.2 Å². The van der Waals surface area contributed by atoms with Gasteiger partial charge in [-0.3, -0.25) is 9.10 Å². The third-order valence-corrected chi connectivity index (χ3v) is 7.11. The Balaban J connectivity index is 1.91. The molecule has 33 heavy (non-hydrogen) atoms. The zero-order chi connectivity index (χ0) is 23.8. The molecule has 0 unspecified atom stereocenters. The molecule has 0 heterocycles. The van der Waals surface area contributed by atoms with E-state index in [2.05, 4.69) is 5.32 Å². The molecule has 3 rings (SSSR count). The molecule has 1 amide bonds. The number of carbonyl (C=O) groups is 1. The maximum Gasteiger partial charge on any atom is 0.264 e. The maximum atomic E-state index is 13.5. The van der Waals surface area contributed by atoms with Gasteiger partial charge in [-0.15, -0.1) is 0 Å². The highest BCUT2D eigenvalue weighted by atomic mass is 35.5. The summed E-state index contributed by atoms with van der Waals surface area (Å²) in [5.74, 6) is 0.210. The zero-order valence-corrected chi connectivity index (χ0v) is 20.1. The van der Waals surface area contributed by atoms with Gasteiger partial charge in [0.1, 0.15) is 12.3 Å². The van der Waals surface area contributed by atoms with E-state index < -0.39 is 15.9 Å². The lowest BCUT2D eigenvalue weighted by Gasteiger charge is -2.26. The molecule has 0 aromatic heterocycles. The zero-order valence-electron chi connectivity index (χ0n) is 18.6. The summed E-state index contributed by atoms with van der Waals surface area (Å²) in [4.78, 5) is 13.1. The normalized spacial score (nSPS) is 12.1. The van der Waals surface area contributed by atoms with Crippen LogP contribution in [-0.4, -0.2) is 27.5 Å². The lowest BCUT2D eigenvalue weighted by Crippen LogP contribution is -2.42. The van der Waals surface area contributed by atoms with Crippen molar-refractivity contribution in [3.8, 4) is 5.75 Å². The van der Waals surface area contributed by atoms with Gasteiger partial charge in [0.25, 0.3) is 10.0 Å². The van der Waals surface area contributed by atoms with Crippen LogP contribution in [0, 0.1) is 0 Å². The highest BCUT2D eigenvalue weighted by Crippen LogP contribution is 2.27. The SMILES string of the molecule is CCOc1ccc(N(CC(=O)N[C@H](CC)c2ccccc2)S(=O)(=O)c2ccc(Cl)cc2)cc1. The summed E-state index contributed by atoms with van der Waals surface area (Å²) in [7, 11) is -4.03. The molecule has 0 bridgehead atoms. The van der Waals surface area contributed by atoms with E-state index >= 15 is 0 Å². The standard InChI is InChI=1S/C25H27ClN2O4S/c1-3-24(19-8-6-5-7-9-19)27-25(29)18-28(21-12-14-22(15-13-21)32-4-2)33(30,31)23-16-10-20(26)11-17-23/h5-17,24H,3-4,18H2,1-2H3,(H,27,29)/t24-/m1/s1. The Labute approximate surface area is 200 Å². The highest BCUT2D eigenvalue weighted by Gasteiger charge is 2.28. The van der Waals surface area contributed by atoms with Crippen molar-refractivity contribution in [2.45, 2.75) is 31.2 Å². The molecule has 1 atom stereocenters. The molecular weight excluding hydrogens is 460 g/mol. The number of sulfonamides is 1. The van der Waals surface area contributed by atoms with E-state index in [0.717, 1.165) is 9.87 Å². The Morgan fingerprint density at radius 1 is 0.970 bits per heavy atom. The van der Waals surface area contributed by atoms with E-state index in [4.69, 9.17) is 16.3 Å². The Hall–Kier alpha value is -3.03. The number of benzene rings is 3. The maximum absolute atomic E-state index is 13.5. The number of amides is 1. The average molecular weight is 487 g/mol. The first-order chi connectivity index (χ1) is 15.8. The van der Waals surface area contributed by atoms with Crippen LogP contribution in [-0.2, 0) is 14.8 Å². The number of hydrogen-bond donors (Lipinski definition) is 1. The molecule has 3 aromatic carbocycles. The number of anilines is 1. The first-order valence-corrected chi connectivity index (χ1v) is 12.5. The molecular formula is C25H27ClN2O4S. The van der Waals surface area contributed by atoms with Crippen LogP contribution >= 0.6 is 11.6 Å². The number of nitrogens with one attached hydrogen (secondary N) is 1. The number of hydrogen-bond acceptors (Lipinski definition) is 4. The van der Waals surface area contributed by atoms with Crippen molar-refractivity contribution in [2.24, 2.45) is 0 Å². The van der Waals surface area contributed by atoms with Crippen LogP contribution in [0.15, 0.2) is 83.8 Å². The molecule has 1 N–H and O–H groups in total. The molecule has 0 fully saturated rings. The van der Waals surface area contributed by atoms with Gasteiger partial charge in [-0.05, 0) is 67.4 Å². The van der Waals surface area contributed by atoms with Gasteiger partial charge in [0.05, 0.1) is 23.2 Å². The van der Waals surface area contributed by atoms with E-state index in [-0.39, 0.29) is 17.5 Å². The first-order valence-electron chi connectivity index (χ1n) is 10.7. The molecule has 0 saturated carbocycles. The van der Waals surface area contributed by atoms with Gasteiger partial charge in [-0.25, -0.2) is 8.42 Å². The van der Waals surface area contributed by atoms with Gasteiger partial charge in [0.2, 0.25) is 5.91 Å². The fourth-order valence-electron chi connectivity index (χ4n) is 3.40. The summed E-state index contributed by atoms with van der Waals surface area (Å²) in [5, 5.41) is 3.38. The van der Waals surface area contributed by atoms with Gasteiger partial charge in [-0.2, -0.15) is 0 Å². The van der Waals surface area contributed by atoms with Crippen molar-refractivity contribution in [1.29, 1.82) is 0 Å². The van der Waals surface area contributed by atoms with Crippen LogP contribution in [0.5, 0.6) is 5.75 Å². The molecule has 6 nitrogen and oxygen atoms in total. The van der Waals surface area contributed by atoms with E-state index in [1.807, 2.05) is 44.2 Å². The van der Waals surface area contributed by atoms with E-state index in [9.17, 15) is 13.2 Å². The Bertz CT molecular complexity index is 1150. The topological polar surface area (TPSA) is 75.7 Å². The first kappa shape index (κ1) is 24.6. The van der Waals surface area contributed by atoms with Crippen LogP contribution in [0.1, 0.15) is 31.9 Å². The lowest BCUT2D eigenvalue weighted by atomic mass is 10.0. The van der Waals surface area contributed by atoms with Crippen molar-refractivity contribution in [3.63, 3.8) is 0 Å². The van der Waals surface area contributed by atoms with Crippen LogP contribution < -0.4 is 14.4 Å². The fraction of sp³-hybridized carbons (Fsp3) is 0.240. The van der Waals surface area contributed by atoms with E-state index in [1.54, 1.807) is 24.3 Å². The van der Waals surface area contributed by atoms with Crippen molar-refractivity contribution < 1.29 is 17.9 Å². The molecule has 0 saturated heterocycles. The van der Waals surface area contributed by atoms with Crippen molar-refractivity contribution in [2.75, 3.05) is 17.5 Å². The number of carbonyl (C=O) groups excluding carboxylic acids is 1. The molecule has 3 aromatic rings. The molecule has 0 aliphatic rings. The molecule has 8 heteroatoms. The molecule has 0 spiro atoms. The summed E-state index contributed by atoms with van der Waals surface area (Å²) < 4.78 is 33.5. The predicted octanol–water partition coefficient (Wildman–Crippen LogP) is 5.20. The molecule has 0 aliphatic heterocycles. The average Bonchev–Trinajstić information content (AvgIpc) is 2.82. The summed E-state index contributed by atoms with van der Waals surface area (Å²) in [5.41, 5.74) is 1.32. The molecule has 0 radical (unpaired) electrons. The van der Waals surface area contributed by atoms with Gasteiger partial charge < -0.3 is 10.1 Å². The molecule has 174 valence electrons. The van der Waals surface area contributed by atoms with Gasteiger partial charge in [0.15, 0.2) is 0 Å². The van der Waals surface area contributed by atoms with Gasteiger partial charge >= 0.3 is 0 Å². The van der Waals surface area contributed by atoms with Gasteiger partial charge in [-0.1, -0.05) is 48.9 Å². The van der Waals surface area contributed by atoms with Crippen LogP contribution in [0.25, 0.3) is 0 Å². The lowest BCUT2D eigenvalue weighted by molar-refractivity contribution is -0.120. The smallest absolute Gasteiger partial charge is 0.264 e. The van der Waals surface area contributed by atoms with Crippen LogP contribution in [0.3, 0.4) is 0 Å². The van der Waals surface area contributed by atoms with Crippen LogP contribution in [0.2, 0.25) is 5.02 Å². The van der Waals surface area contributed by atoms with Crippen molar-refractivity contribution in [1.82, 2.24) is 5.32 Å². The highest BCUT2D eigenvalue weighted by molar-refractivity contribution is 7.92. The Morgan fingerprint density at radius 2 is 1.61 bits per heavy atom. The second-order valence-electron chi connectivity index (χ2n) is 7.33. The summed E-state index contributed by atoms with van der Waals surface area (Å²) in [6, 6.07) is 21.8.